The van der Waals surface area contributed by atoms with Crippen LogP contribution in [0.25, 0.3) is 4.91 Å². The predicted octanol–water partition coefficient (Wildman–Crippen LogP) is 5.60. The van der Waals surface area contributed by atoms with E-state index in [2.05, 4.69) is 49.2 Å². The van der Waals surface area contributed by atoms with Crippen LogP contribution in [-0.4, -0.2) is 16.9 Å². The predicted molar refractivity (Wildman–Crippen MR) is 94.8 cm³/mol. The lowest BCUT2D eigenvalue weighted by atomic mass is 10.1. The quantitative estimate of drug-likeness (QED) is 0.508. The highest BCUT2D eigenvalue weighted by molar-refractivity contribution is 8.09. The second kappa shape index (κ2) is 8.18. The van der Waals surface area contributed by atoms with Gasteiger partial charge < -0.3 is 10.4 Å². The largest absolute Gasteiger partial charge is 0.512 e. The number of unbranched alkanes of at least 4 members (excludes halogenated alkanes) is 2. The maximum atomic E-state index is 9.90. The minimum Gasteiger partial charge on any atom is -0.512 e. The minimum atomic E-state index is 0.0916. The number of anilines is 1. The monoisotopic (exact) mass is 303 g/mol. The molecule has 0 aliphatic carbocycles. The van der Waals surface area contributed by atoms with Gasteiger partial charge in [-0.05, 0) is 18.9 Å². The van der Waals surface area contributed by atoms with E-state index in [9.17, 15) is 5.11 Å². The molecule has 1 atom stereocenters. The van der Waals surface area contributed by atoms with Crippen molar-refractivity contribution >= 4 is 22.4 Å². The lowest BCUT2D eigenvalue weighted by Crippen LogP contribution is -2.06. The Balaban J connectivity index is 2.12. The first-order chi connectivity index (χ1) is 10.2. The molecule has 1 heterocycles. The number of aliphatic hydroxyl groups is 1. The number of hydrogen-bond acceptors (Lipinski definition) is 3. The summed E-state index contributed by atoms with van der Waals surface area (Å²) in [4.78, 5) is 1.26. The summed E-state index contributed by atoms with van der Waals surface area (Å²) in [6.07, 6.45) is 7.82. The maximum absolute atomic E-state index is 9.90. The molecular formula is C18H25NOS. The number of aliphatic hydroxyl groups excluding tert-OH is 1. The summed E-state index contributed by atoms with van der Waals surface area (Å²) in [7, 11) is 0. The third-order valence-electron chi connectivity index (χ3n) is 3.69. The molecular weight excluding hydrogens is 278 g/mol. The van der Waals surface area contributed by atoms with Crippen molar-refractivity contribution in [3.05, 3.63) is 48.2 Å². The molecule has 1 unspecified atom stereocenters. The molecule has 3 heteroatoms. The molecule has 2 N–H and O–H groups in total. The molecule has 0 saturated heterocycles. The summed E-state index contributed by atoms with van der Waals surface area (Å²) in [5, 5.41) is 13.5. The van der Waals surface area contributed by atoms with Crippen LogP contribution in [0.15, 0.2) is 42.7 Å². The number of benzene rings is 1. The van der Waals surface area contributed by atoms with Gasteiger partial charge in [0.1, 0.15) is 0 Å². The van der Waals surface area contributed by atoms with E-state index in [1.54, 1.807) is 11.8 Å². The van der Waals surface area contributed by atoms with Gasteiger partial charge in [0.25, 0.3) is 0 Å². The van der Waals surface area contributed by atoms with Crippen molar-refractivity contribution in [2.24, 2.45) is 0 Å². The summed E-state index contributed by atoms with van der Waals surface area (Å²) < 4.78 is 0. The van der Waals surface area contributed by atoms with E-state index in [0.29, 0.717) is 5.76 Å². The Morgan fingerprint density at radius 2 is 2.19 bits per heavy atom. The summed E-state index contributed by atoms with van der Waals surface area (Å²) in [6, 6.07) is 8.40. The van der Waals surface area contributed by atoms with Gasteiger partial charge in [0, 0.05) is 22.7 Å². The van der Waals surface area contributed by atoms with Gasteiger partial charge in [0.15, 0.2) is 0 Å². The van der Waals surface area contributed by atoms with Gasteiger partial charge in [-0.15, -0.1) is 11.8 Å². The average Bonchev–Trinajstić information content (AvgIpc) is 2.69. The van der Waals surface area contributed by atoms with Gasteiger partial charge >= 0.3 is 0 Å². The first-order valence-corrected chi connectivity index (χ1v) is 8.68. The highest BCUT2D eigenvalue weighted by atomic mass is 32.2. The van der Waals surface area contributed by atoms with Crippen LogP contribution < -0.4 is 5.32 Å². The highest BCUT2D eigenvalue weighted by Gasteiger charge is 2.18. The van der Waals surface area contributed by atoms with E-state index in [4.69, 9.17) is 0 Å². The Morgan fingerprint density at radius 3 is 2.95 bits per heavy atom. The minimum absolute atomic E-state index is 0.0916. The van der Waals surface area contributed by atoms with E-state index in [1.807, 2.05) is 0 Å². The smallest absolute Gasteiger partial charge is 0.0984 e. The van der Waals surface area contributed by atoms with Crippen molar-refractivity contribution in [3.63, 3.8) is 0 Å². The molecule has 114 valence electrons. The number of para-hydroxylation sites is 1. The Bertz CT molecular complexity index is 510. The maximum Gasteiger partial charge on any atom is 0.0984 e. The summed E-state index contributed by atoms with van der Waals surface area (Å²) in [6.45, 7) is 6.93. The van der Waals surface area contributed by atoms with E-state index in [0.717, 1.165) is 25.8 Å². The third kappa shape index (κ3) is 4.57. The molecule has 0 aromatic heterocycles. The van der Waals surface area contributed by atoms with Gasteiger partial charge in [-0.25, -0.2) is 0 Å². The van der Waals surface area contributed by atoms with Crippen molar-refractivity contribution < 1.29 is 5.11 Å². The van der Waals surface area contributed by atoms with Crippen LogP contribution in [0.3, 0.4) is 0 Å². The number of fused-ring (bicyclic) bond motifs is 1. The molecule has 21 heavy (non-hydrogen) atoms. The van der Waals surface area contributed by atoms with Gasteiger partial charge in [-0.1, -0.05) is 57.0 Å². The van der Waals surface area contributed by atoms with Crippen LogP contribution in [0.5, 0.6) is 0 Å². The molecule has 1 aromatic carbocycles. The zero-order chi connectivity index (χ0) is 15.1. The van der Waals surface area contributed by atoms with Crippen LogP contribution in [0.4, 0.5) is 5.69 Å². The molecule has 0 spiro atoms. The van der Waals surface area contributed by atoms with Crippen LogP contribution >= 0.6 is 11.8 Å². The molecule has 0 bridgehead atoms. The Morgan fingerprint density at radius 1 is 1.38 bits per heavy atom. The number of hydrogen-bond donors (Lipinski definition) is 2. The number of nitrogens with one attached hydrogen (secondary N) is 1. The molecule has 1 aromatic rings. The van der Waals surface area contributed by atoms with Crippen molar-refractivity contribution in [2.75, 3.05) is 11.9 Å². The first kappa shape index (κ1) is 16.0. The first-order valence-electron chi connectivity index (χ1n) is 7.80. The second-order valence-corrected chi connectivity index (χ2v) is 6.67. The van der Waals surface area contributed by atoms with Crippen molar-refractivity contribution in [1.82, 2.24) is 0 Å². The summed E-state index contributed by atoms with van der Waals surface area (Å²) in [5.74, 6) is 0.298. The van der Waals surface area contributed by atoms with Crippen LogP contribution in [0.1, 0.15) is 44.6 Å². The molecule has 1 aliphatic heterocycles. The SMILES string of the molecule is C=C(O)C(CCCCC)SC1=CCCNc2ccccc21. The molecule has 0 saturated carbocycles. The summed E-state index contributed by atoms with van der Waals surface area (Å²) in [5.41, 5.74) is 2.42. The van der Waals surface area contributed by atoms with Crippen molar-refractivity contribution in [3.8, 4) is 0 Å². The Hall–Kier alpha value is -1.35. The zero-order valence-corrected chi connectivity index (χ0v) is 13.6. The van der Waals surface area contributed by atoms with E-state index >= 15 is 0 Å². The molecule has 0 radical (unpaired) electrons. The lowest BCUT2D eigenvalue weighted by Gasteiger charge is -2.18. The molecule has 1 aliphatic rings. The molecule has 2 nitrogen and oxygen atoms in total. The van der Waals surface area contributed by atoms with Gasteiger partial charge in [0.05, 0.1) is 11.0 Å². The molecule has 2 rings (SSSR count). The van der Waals surface area contributed by atoms with Crippen molar-refractivity contribution in [1.29, 1.82) is 0 Å². The van der Waals surface area contributed by atoms with Crippen LogP contribution in [0.2, 0.25) is 0 Å². The van der Waals surface area contributed by atoms with Crippen LogP contribution in [-0.2, 0) is 0 Å². The topological polar surface area (TPSA) is 32.3 Å². The highest BCUT2D eigenvalue weighted by Crippen LogP contribution is 2.40. The third-order valence-corrected chi connectivity index (χ3v) is 5.13. The molecule has 0 fully saturated rings. The fourth-order valence-corrected chi connectivity index (χ4v) is 3.76. The summed E-state index contributed by atoms with van der Waals surface area (Å²) >= 11 is 1.75. The number of rotatable bonds is 7. The fraction of sp³-hybridized carbons (Fsp3) is 0.444. The van der Waals surface area contributed by atoms with Gasteiger partial charge in [0.2, 0.25) is 0 Å². The van der Waals surface area contributed by atoms with Gasteiger partial charge in [-0.3, -0.25) is 0 Å². The zero-order valence-electron chi connectivity index (χ0n) is 12.8. The van der Waals surface area contributed by atoms with Crippen LogP contribution in [0, 0.1) is 0 Å². The van der Waals surface area contributed by atoms with Crippen molar-refractivity contribution in [2.45, 2.75) is 44.3 Å². The fourth-order valence-electron chi connectivity index (χ4n) is 2.51. The molecule has 0 amide bonds. The Labute approximate surface area is 132 Å². The average molecular weight is 303 g/mol. The second-order valence-electron chi connectivity index (χ2n) is 5.42. The van der Waals surface area contributed by atoms with E-state index in [1.165, 1.54) is 29.0 Å². The number of thioether (sulfide) groups is 1. The van der Waals surface area contributed by atoms with Gasteiger partial charge in [-0.2, -0.15) is 0 Å². The normalized spacial score (nSPS) is 15.4. The van der Waals surface area contributed by atoms with E-state index in [-0.39, 0.29) is 5.25 Å². The van der Waals surface area contributed by atoms with E-state index < -0.39 is 0 Å². The lowest BCUT2D eigenvalue weighted by molar-refractivity contribution is 0.389. The Kier molecular flexibility index (Phi) is 6.24. The standard InChI is InChI=1S/C18H25NOS/c1-3-4-5-11-17(14(2)20)21-18-12-8-13-19-16-10-7-6-9-15(16)18/h6-7,9-10,12,17,19-20H,2-5,8,11,13H2,1H3.